The third kappa shape index (κ3) is 3.76. The third-order valence-electron chi connectivity index (χ3n) is 6.20. The average molecular weight is 500 g/mol. The second-order valence-electron chi connectivity index (χ2n) is 7.71. The molecular formula is C25H23Cl2NZr. The topological polar surface area (TPSA) is 4.93 Å². The van der Waals surface area contributed by atoms with Gasteiger partial charge < -0.3 is 24.8 Å². The number of aromatic nitrogens is 1. The SMILES string of the molecule is CC1=C(C)C(C)=[C]([Zr+2][CH]2C(n3ccc4ccccc43)=Cc3ccccc32)C1.[Cl-].[Cl-]. The minimum Gasteiger partial charge on any atom is -1.00 e. The van der Waals surface area contributed by atoms with Gasteiger partial charge in [0.05, 0.1) is 0 Å². The number of para-hydroxylation sites is 1. The second kappa shape index (κ2) is 8.80. The van der Waals surface area contributed by atoms with Gasteiger partial charge in [-0.05, 0) is 0 Å². The first kappa shape index (κ1) is 22.4. The van der Waals surface area contributed by atoms with Crippen LogP contribution in [0.5, 0.6) is 0 Å². The van der Waals surface area contributed by atoms with Crippen molar-refractivity contribution in [2.24, 2.45) is 0 Å². The van der Waals surface area contributed by atoms with Crippen molar-refractivity contribution in [3.63, 3.8) is 0 Å². The summed E-state index contributed by atoms with van der Waals surface area (Å²) in [6, 6.07) is 20.0. The quantitative estimate of drug-likeness (QED) is 0.503. The fourth-order valence-electron chi connectivity index (χ4n) is 4.39. The standard InChI is InChI=1S/C17H12N.C8H11.2ClH.Zr/c1-2-7-15-12-16(11-14(15)6-1)18-10-9-13-5-3-4-8-17(13)18;1-6-4-5-7(2)8(6)3;;;/h1-12H;4H2,1-3H3;2*1H;/q;;;;+2/p-2. The molecule has 2 aromatic carbocycles. The maximum atomic E-state index is 2.44. The van der Waals surface area contributed by atoms with E-state index in [2.05, 4.69) is 92.2 Å². The van der Waals surface area contributed by atoms with Gasteiger partial charge in [0.2, 0.25) is 0 Å². The predicted molar refractivity (Wildman–Crippen MR) is 111 cm³/mol. The van der Waals surface area contributed by atoms with Crippen LogP contribution in [0.4, 0.5) is 0 Å². The molecule has 29 heavy (non-hydrogen) atoms. The van der Waals surface area contributed by atoms with E-state index >= 15 is 0 Å². The number of nitrogens with zero attached hydrogens (tertiary/aromatic N) is 1. The number of hydrogen-bond acceptors (Lipinski definition) is 0. The van der Waals surface area contributed by atoms with E-state index in [1.165, 1.54) is 34.2 Å². The van der Waals surface area contributed by atoms with Crippen LogP contribution in [-0.4, -0.2) is 4.57 Å². The van der Waals surface area contributed by atoms with Crippen molar-refractivity contribution >= 4 is 22.7 Å². The van der Waals surface area contributed by atoms with E-state index in [1.54, 1.807) is 20.0 Å². The number of benzene rings is 2. The Hall–Kier alpha value is -1.34. The molecule has 146 valence electrons. The molecule has 0 fully saturated rings. The maximum absolute atomic E-state index is 2.44. The van der Waals surface area contributed by atoms with Crippen LogP contribution in [0.3, 0.4) is 0 Å². The smallest absolute Gasteiger partial charge is 1.00 e. The minimum absolute atomic E-state index is 0. The molecule has 0 N–H and O–H groups in total. The maximum Gasteiger partial charge on any atom is -1.00 e. The number of allylic oxidation sites excluding steroid dienone is 5. The molecule has 0 bridgehead atoms. The summed E-state index contributed by atoms with van der Waals surface area (Å²) in [5.41, 5.74) is 10.4. The van der Waals surface area contributed by atoms with Crippen LogP contribution < -0.4 is 24.8 Å². The summed E-state index contributed by atoms with van der Waals surface area (Å²) in [5, 5.41) is 1.32. The zero-order chi connectivity index (χ0) is 18.5. The van der Waals surface area contributed by atoms with Crippen molar-refractivity contribution in [3.8, 4) is 0 Å². The number of rotatable bonds is 3. The normalized spacial score (nSPS) is 17.6. The molecule has 1 nitrogen and oxygen atoms in total. The molecule has 0 spiro atoms. The van der Waals surface area contributed by atoms with E-state index in [-0.39, 0.29) is 24.8 Å². The van der Waals surface area contributed by atoms with Gasteiger partial charge in [0, 0.05) is 0 Å². The van der Waals surface area contributed by atoms with E-state index < -0.39 is 23.2 Å². The fourth-order valence-corrected chi connectivity index (χ4v) is 9.08. The fraction of sp³-hybridized carbons (Fsp3) is 0.200. The minimum atomic E-state index is -0.790. The summed E-state index contributed by atoms with van der Waals surface area (Å²) in [7, 11) is 0. The number of fused-ring (bicyclic) bond motifs is 2. The Kier molecular flexibility index (Phi) is 6.78. The van der Waals surface area contributed by atoms with Crippen LogP contribution in [0.1, 0.15) is 41.9 Å². The molecule has 2 aliphatic rings. The average Bonchev–Trinajstić information content (AvgIpc) is 3.33. The van der Waals surface area contributed by atoms with Gasteiger partial charge in [-0.15, -0.1) is 0 Å². The first-order chi connectivity index (χ1) is 13.1. The zero-order valence-electron chi connectivity index (χ0n) is 16.8. The molecule has 4 heteroatoms. The summed E-state index contributed by atoms with van der Waals surface area (Å²) in [6.07, 6.45) is 5.91. The van der Waals surface area contributed by atoms with Crippen LogP contribution in [-0.2, 0) is 23.2 Å². The van der Waals surface area contributed by atoms with Crippen molar-refractivity contribution in [2.75, 3.05) is 0 Å². The molecule has 0 aliphatic heterocycles. The van der Waals surface area contributed by atoms with Gasteiger partial charge in [-0.25, -0.2) is 0 Å². The molecule has 0 saturated heterocycles. The number of halogens is 2. The van der Waals surface area contributed by atoms with E-state index in [0.717, 1.165) is 0 Å². The molecule has 1 heterocycles. The van der Waals surface area contributed by atoms with Crippen LogP contribution in [0.2, 0.25) is 0 Å². The Balaban J connectivity index is 0.00000120. The van der Waals surface area contributed by atoms with E-state index in [1.807, 2.05) is 0 Å². The summed E-state index contributed by atoms with van der Waals surface area (Å²) < 4.78 is 4.81. The molecule has 1 atom stereocenters. The van der Waals surface area contributed by atoms with E-state index in [9.17, 15) is 0 Å². The Bertz CT molecular complexity index is 1170. The number of hydrogen-bond donors (Lipinski definition) is 0. The van der Waals surface area contributed by atoms with Crippen molar-refractivity contribution in [2.45, 2.75) is 30.8 Å². The van der Waals surface area contributed by atoms with Gasteiger partial charge in [0.25, 0.3) is 0 Å². The Morgan fingerprint density at radius 1 is 0.862 bits per heavy atom. The van der Waals surface area contributed by atoms with Crippen LogP contribution in [0, 0.1) is 0 Å². The van der Waals surface area contributed by atoms with Crippen LogP contribution in [0.15, 0.2) is 80.8 Å². The summed E-state index contributed by atoms with van der Waals surface area (Å²) in [6.45, 7) is 6.96. The first-order valence-electron chi connectivity index (χ1n) is 9.63. The summed E-state index contributed by atoms with van der Waals surface area (Å²) in [5.74, 6) is 0. The van der Waals surface area contributed by atoms with E-state index in [0.29, 0.717) is 3.63 Å². The molecule has 1 unspecified atom stereocenters. The molecular weight excluding hydrogens is 476 g/mol. The van der Waals surface area contributed by atoms with Gasteiger partial charge in [0.15, 0.2) is 0 Å². The molecule has 2 aliphatic carbocycles. The molecule has 0 amide bonds. The molecule has 1 aromatic heterocycles. The Morgan fingerprint density at radius 2 is 1.59 bits per heavy atom. The van der Waals surface area contributed by atoms with Crippen molar-refractivity contribution in [3.05, 3.63) is 91.9 Å². The van der Waals surface area contributed by atoms with Gasteiger partial charge in [-0.3, -0.25) is 0 Å². The Labute approximate surface area is 197 Å². The summed E-state index contributed by atoms with van der Waals surface area (Å²) >= 11 is -0.790. The molecule has 0 saturated carbocycles. The monoisotopic (exact) mass is 497 g/mol. The molecule has 0 radical (unpaired) electrons. The van der Waals surface area contributed by atoms with Gasteiger partial charge in [-0.2, -0.15) is 0 Å². The van der Waals surface area contributed by atoms with Crippen LogP contribution in [0.25, 0.3) is 22.7 Å². The predicted octanol–water partition coefficient (Wildman–Crippen LogP) is 0.799. The van der Waals surface area contributed by atoms with Gasteiger partial charge >= 0.3 is 173 Å². The van der Waals surface area contributed by atoms with Crippen molar-refractivity contribution in [1.82, 2.24) is 4.57 Å². The first-order valence-corrected chi connectivity index (χ1v) is 12.3. The molecule has 3 aromatic rings. The van der Waals surface area contributed by atoms with Gasteiger partial charge in [0.1, 0.15) is 0 Å². The second-order valence-corrected chi connectivity index (χ2v) is 11.3. The largest absolute Gasteiger partial charge is 1.00 e. The molecule has 5 rings (SSSR count). The van der Waals surface area contributed by atoms with Crippen molar-refractivity contribution in [1.29, 1.82) is 0 Å². The zero-order valence-corrected chi connectivity index (χ0v) is 20.8. The van der Waals surface area contributed by atoms with Gasteiger partial charge in [-0.1, -0.05) is 0 Å². The van der Waals surface area contributed by atoms with Crippen LogP contribution >= 0.6 is 0 Å². The van der Waals surface area contributed by atoms with Crippen molar-refractivity contribution < 1.29 is 48.0 Å². The summed E-state index contributed by atoms with van der Waals surface area (Å²) in [4.78, 5) is 0. The third-order valence-corrected chi connectivity index (χ3v) is 10.6. The van der Waals surface area contributed by atoms with E-state index in [4.69, 9.17) is 0 Å². The Morgan fingerprint density at radius 3 is 2.34 bits per heavy atom.